The zero-order valence-corrected chi connectivity index (χ0v) is 20.6. The molecule has 0 amide bonds. The average molecular weight is 518 g/mol. The van der Waals surface area contributed by atoms with Crippen molar-refractivity contribution in [2.45, 2.75) is 25.3 Å². The third-order valence-electron chi connectivity index (χ3n) is 4.70. The van der Waals surface area contributed by atoms with Gasteiger partial charge in [0.1, 0.15) is 22.1 Å². The maximum atomic E-state index is 12.5. The number of hydrogen-bond donors (Lipinski definition) is 4. The number of nitrogens with two attached hydrogens (primary N) is 1. The summed E-state index contributed by atoms with van der Waals surface area (Å²) in [7, 11) is -8.26. The smallest absolute Gasteiger partial charge is 0.250 e. The van der Waals surface area contributed by atoms with Crippen molar-refractivity contribution in [1.29, 1.82) is 0 Å². The highest BCUT2D eigenvalue weighted by atomic mass is 32.3. The molecule has 3 rings (SSSR count). The number of aryl methyl sites for hydroxylation is 2. The van der Waals surface area contributed by atoms with Crippen LogP contribution in [0.2, 0.25) is 0 Å². The third-order valence-corrected chi connectivity index (χ3v) is 9.26. The number of aromatic hydroxyl groups is 1. The fraction of sp³-hybridized carbons (Fsp3) is 0.278. The number of nitrogens with zero attached hydrogens (tertiary/aromatic N) is 2. The van der Waals surface area contributed by atoms with Gasteiger partial charge >= 0.3 is 0 Å². The van der Waals surface area contributed by atoms with E-state index in [1.807, 2.05) is 6.92 Å². The van der Waals surface area contributed by atoms with E-state index in [4.69, 9.17) is 9.56 Å². The largest absolute Gasteiger partial charge is 0.504 e. The van der Waals surface area contributed by atoms with Gasteiger partial charge < -0.3 is 20.2 Å². The number of anilines is 1. The summed E-state index contributed by atoms with van der Waals surface area (Å²) < 4.78 is 71.2. The van der Waals surface area contributed by atoms with E-state index < -0.39 is 45.9 Å². The molecule has 2 aromatic rings. The van der Waals surface area contributed by atoms with Crippen molar-refractivity contribution in [2.24, 2.45) is 9.54 Å². The minimum absolute atomic E-state index is 0.0782. The van der Waals surface area contributed by atoms with E-state index in [2.05, 4.69) is 15.0 Å². The van der Waals surface area contributed by atoms with Crippen LogP contribution in [0.15, 0.2) is 47.9 Å². The Balaban J connectivity index is 2.02. The van der Waals surface area contributed by atoms with Crippen LogP contribution in [-0.4, -0.2) is 50.4 Å². The summed E-state index contributed by atoms with van der Waals surface area (Å²) in [5.41, 5.74) is 0.462. The van der Waals surface area contributed by atoms with Crippen molar-refractivity contribution >= 4 is 42.6 Å². The standard InChI is InChI=1S/C18H23N5O7S3/c1-10-8-12(30-11(10)2)9-20-17-15(18(31(25)22-17)32(19,26)27)21-13-6-5-7-14(16(13)24)33(28,29)23(3)4/h5-8,21,24H,9H2,1-4H3,(H,20,22)(H2,19,26,27). The van der Waals surface area contributed by atoms with E-state index in [0.717, 1.165) is 9.87 Å². The molecule has 1 unspecified atom stereocenters. The fourth-order valence-corrected chi connectivity index (χ4v) is 5.96. The maximum Gasteiger partial charge on any atom is 0.250 e. The summed E-state index contributed by atoms with van der Waals surface area (Å²) in [6.07, 6.45) is 0. The lowest BCUT2D eigenvalue weighted by Gasteiger charge is -2.17. The summed E-state index contributed by atoms with van der Waals surface area (Å²) in [5, 5.41) is 21.3. The molecule has 0 aliphatic carbocycles. The number of amidine groups is 1. The molecule has 0 saturated heterocycles. The molecular weight excluding hydrogens is 494 g/mol. The van der Waals surface area contributed by atoms with E-state index in [1.165, 1.54) is 32.3 Å². The van der Waals surface area contributed by atoms with Crippen LogP contribution in [0, 0.1) is 13.8 Å². The van der Waals surface area contributed by atoms with Crippen molar-refractivity contribution in [1.82, 2.24) is 9.62 Å². The molecule has 1 aliphatic heterocycles. The molecule has 0 bridgehead atoms. The highest BCUT2D eigenvalue weighted by molar-refractivity contribution is 8.10. The van der Waals surface area contributed by atoms with E-state index in [0.29, 0.717) is 11.5 Å². The number of phenolic OH excluding ortho intramolecular Hbond substituents is 1. The number of rotatable bonds is 7. The molecule has 15 heteroatoms. The molecule has 0 saturated carbocycles. The summed E-state index contributed by atoms with van der Waals surface area (Å²) in [6, 6.07) is 5.62. The van der Waals surface area contributed by atoms with Crippen molar-refractivity contribution in [3.63, 3.8) is 0 Å². The molecule has 33 heavy (non-hydrogen) atoms. The molecule has 12 nitrogen and oxygen atoms in total. The quantitative estimate of drug-likeness (QED) is 0.382. The highest BCUT2D eigenvalue weighted by Crippen LogP contribution is 2.35. The second kappa shape index (κ2) is 8.90. The van der Waals surface area contributed by atoms with Crippen LogP contribution in [-0.2, 0) is 37.6 Å². The van der Waals surface area contributed by atoms with Gasteiger partial charge in [0.25, 0.3) is 10.0 Å². The van der Waals surface area contributed by atoms with Crippen molar-refractivity contribution in [3.8, 4) is 5.75 Å². The number of furan rings is 1. The van der Waals surface area contributed by atoms with Gasteiger partial charge in [0.15, 0.2) is 26.8 Å². The summed E-state index contributed by atoms with van der Waals surface area (Å²) in [6.45, 7) is 3.72. The van der Waals surface area contributed by atoms with E-state index in [9.17, 15) is 26.2 Å². The van der Waals surface area contributed by atoms with Crippen LogP contribution in [0.4, 0.5) is 5.69 Å². The minimum Gasteiger partial charge on any atom is -0.504 e. The molecule has 1 aromatic carbocycles. The number of hydrogen-bond acceptors (Lipinski definition) is 9. The first-order valence-electron chi connectivity index (χ1n) is 9.32. The predicted octanol–water partition coefficient (Wildman–Crippen LogP) is 0.587. The van der Waals surface area contributed by atoms with E-state index >= 15 is 0 Å². The first kappa shape index (κ1) is 24.9. The minimum atomic E-state index is -4.47. The van der Waals surface area contributed by atoms with Crippen LogP contribution in [0.25, 0.3) is 0 Å². The SMILES string of the molecule is Cc1cc(CNC2=NS(=O)C(S(N)(=O)=O)=C2Nc2cccc(S(=O)(=O)N(C)C)c2O)oc1C. The highest BCUT2D eigenvalue weighted by Gasteiger charge is 2.35. The summed E-state index contributed by atoms with van der Waals surface area (Å²) >= 11 is 0. The molecule has 0 radical (unpaired) electrons. The number of para-hydroxylation sites is 1. The maximum absolute atomic E-state index is 12.5. The zero-order chi connectivity index (χ0) is 24.7. The average Bonchev–Trinajstić information content (AvgIpc) is 3.19. The normalized spacial score (nSPS) is 16.9. The fourth-order valence-electron chi connectivity index (χ4n) is 2.90. The Labute approximate surface area is 193 Å². The van der Waals surface area contributed by atoms with Gasteiger partial charge in [0.05, 0.1) is 12.2 Å². The van der Waals surface area contributed by atoms with Gasteiger partial charge in [0, 0.05) is 14.1 Å². The van der Waals surface area contributed by atoms with Crippen LogP contribution in [0.1, 0.15) is 17.1 Å². The van der Waals surface area contributed by atoms with Gasteiger partial charge in [-0.1, -0.05) is 6.07 Å². The second-order valence-corrected chi connectivity index (χ2v) is 12.2. The molecular formula is C18H23N5O7S3. The molecule has 2 heterocycles. The number of phenols is 1. The molecule has 0 fully saturated rings. The van der Waals surface area contributed by atoms with E-state index in [-0.39, 0.29) is 23.8 Å². The van der Waals surface area contributed by atoms with Crippen molar-refractivity contribution < 1.29 is 30.6 Å². The molecule has 1 atom stereocenters. The van der Waals surface area contributed by atoms with Crippen LogP contribution >= 0.6 is 0 Å². The van der Waals surface area contributed by atoms with Gasteiger partial charge in [-0.3, -0.25) is 0 Å². The van der Waals surface area contributed by atoms with E-state index in [1.54, 1.807) is 13.0 Å². The Kier molecular flexibility index (Phi) is 6.72. The topological polar surface area (TPSA) is 184 Å². The number of primary sulfonamides is 1. The lowest BCUT2D eigenvalue weighted by atomic mass is 10.2. The molecule has 5 N–H and O–H groups in total. The zero-order valence-electron chi connectivity index (χ0n) is 18.1. The molecule has 180 valence electrons. The summed E-state index contributed by atoms with van der Waals surface area (Å²) in [5.74, 6) is 0.432. The third kappa shape index (κ3) is 4.96. The lowest BCUT2D eigenvalue weighted by molar-refractivity contribution is 0.454. The molecule has 0 spiro atoms. The van der Waals surface area contributed by atoms with Gasteiger partial charge in [-0.25, -0.2) is 30.5 Å². The van der Waals surface area contributed by atoms with Crippen molar-refractivity contribution in [2.75, 3.05) is 19.4 Å². The summed E-state index contributed by atoms with van der Waals surface area (Å²) in [4.78, 5) is -0.414. The monoisotopic (exact) mass is 517 g/mol. The first-order valence-corrected chi connectivity index (χ1v) is 13.4. The lowest BCUT2D eigenvalue weighted by Crippen LogP contribution is -2.28. The predicted molar refractivity (Wildman–Crippen MR) is 123 cm³/mol. The first-order chi connectivity index (χ1) is 15.2. The number of benzene rings is 1. The van der Waals surface area contributed by atoms with Gasteiger partial charge in [-0.05, 0) is 37.6 Å². The Hall–Kier alpha value is -2.72. The van der Waals surface area contributed by atoms with Crippen LogP contribution in [0.5, 0.6) is 5.75 Å². The Morgan fingerprint density at radius 2 is 1.88 bits per heavy atom. The molecule has 1 aliphatic rings. The van der Waals surface area contributed by atoms with Crippen LogP contribution in [0.3, 0.4) is 0 Å². The second-order valence-electron chi connectivity index (χ2n) is 7.27. The van der Waals surface area contributed by atoms with Gasteiger partial charge in [-0.2, -0.15) is 4.40 Å². The number of nitrogens with one attached hydrogen (secondary N) is 2. The van der Waals surface area contributed by atoms with Crippen molar-refractivity contribution in [3.05, 3.63) is 51.3 Å². The number of sulfonamides is 2. The Morgan fingerprint density at radius 3 is 2.42 bits per heavy atom. The van der Waals surface area contributed by atoms with Gasteiger partial charge in [-0.15, -0.1) is 0 Å². The Morgan fingerprint density at radius 1 is 1.21 bits per heavy atom. The Bertz CT molecular complexity index is 1390. The van der Waals surface area contributed by atoms with Gasteiger partial charge in [0.2, 0.25) is 10.0 Å². The van der Waals surface area contributed by atoms with Crippen LogP contribution < -0.4 is 15.8 Å². The molecule has 1 aromatic heterocycles.